The van der Waals surface area contributed by atoms with E-state index in [1.54, 1.807) is 0 Å². The molecular weight excluding hydrogens is 976 g/mol. The van der Waals surface area contributed by atoms with Crippen LogP contribution in [-0.2, 0) is 37.3 Å². The maximum Gasteiger partial charge on any atom is 0.135 e. The molecule has 1 aliphatic heterocycles. The Morgan fingerprint density at radius 3 is 1.92 bits per heavy atom. The summed E-state index contributed by atoms with van der Waals surface area (Å²) in [5, 5.41) is 2.21. The number of nitrogens with zero attached hydrogens (tertiary/aromatic N) is 4. The van der Waals surface area contributed by atoms with Crippen molar-refractivity contribution in [2.24, 2.45) is 0 Å². The molecule has 0 aliphatic carbocycles. The number of ether oxygens (including phenoxy) is 1. The van der Waals surface area contributed by atoms with Gasteiger partial charge in [-0.1, -0.05) is 158 Å². The molecule has 0 bridgehead atoms. The van der Waals surface area contributed by atoms with Crippen molar-refractivity contribution in [1.82, 2.24) is 9.55 Å². The summed E-state index contributed by atoms with van der Waals surface area (Å²) in [6.07, 6.45) is 1.92. The van der Waals surface area contributed by atoms with Crippen molar-refractivity contribution in [1.29, 1.82) is 0 Å². The van der Waals surface area contributed by atoms with Gasteiger partial charge >= 0.3 is 0 Å². The van der Waals surface area contributed by atoms with Gasteiger partial charge in [0.05, 0.1) is 0 Å². The molecule has 0 amide bonds. The summed E-state index contributed by atoms with van der Waals surface area (Å²) >= 11 is 0. The summed E-state index contributed by atoms with van der Waals surface area (Å²) in [4.78, 5) is 9.53. The summed E-state index contributed by atoms with van der Waals surface area (Å²) < 4.78 is 8.91. The van der Waals surface area contributed by atoms with E-state index in [-0.39, 0.29) is 37.3 Å². The molecule has 0 radical (unpaired) electrons. The third-order valence-corrected chi connectivity index (χ3v) is 12.7. The maximum absolute atomic E-state index is 6.71. The Morgan fingerprint density at radius 1 is 0.538 bits per heavy atom. The van der Waals surface area contributed by atoms with Crippen LogP contribution < -0.4 is 14.5 Å². The first-order valence-electron chi connectivity index (χ1n) is 22.2. The quantitative estimate of drug-likeness (QED) is 0.142. The molecule has 65 heavy (non-hydrogen) atoms. The number of rotatable bonds is 8. The molecule has 0 atom stereocenters. The van der Waals surface area contributed by atoms with Crippen molar-refractivity contribution in [3.8, 4) is 28.4 Å². The SMILES string of the molecule is CC(C)(C)c1cc(N2[CH-]N(c3[c-]c(Oc4[c-]c5c(cc4)c4ccccc4n5-c4cc(C(C)(C)c5ccccc5)ccn4)ccc3)c3cccc(-c4ccccc4)c32)cc(C(C)(C)C)c1.[Pt]. The number of hydrogen-bond acceptors (Lipinski definition) is 4. The molecule has 328 valence electrons. The minimum absolute atomic E-state index is 0. The van der Waals surface area contributed by atoms with Crippen LogP contribution in [0.2, 0.25) is 0 Å². The minimum Gasteiger partial charge on any atom is -0.509 e. The fraction of sp³-hybridized carbons (Fsp3) is 0.186. The van der Waals surface area contributed by atoms with Crippen molar-refractivity contribution in [3.63, 3.8) is 0 Å². The summed E-state index contributed by atoms with van der Waals surface area (Å²) in [5.41, 5.74) is 13.2. The van der Waals surface area contributed by atoms with Gasteiger partial charge in [0, 0.05) is 72.3 Å². The molecule has 0 N–H and O–H groups in total. The van der Waals surface area contributed by atoms with Gasteiger partial charge in [-0.3, -0.25) is 0 Å². The first-order chi connectivity index (χ1) is 30.7. The number of anilines is 4. The van der Waals surface area contributed by atoms with E-state index in [4.69, 9.17) is 9.72 Å². The fourth-order valence-corrected chi connectivity index (χ4v) is 8.95. The molecule has 5 nitrogen and oxygen atoms in total. The van der Waals surface area contributed by atoms with Crippen molar-refractivity contribution >= 4 is 44.6 Å². The van der Waals surface area contributed by atoms with E-state index in [1.807, 2.05) is 24.4 Å². The first-order valence-corrected chi connectivity index (χ1v) is 22.2. The van der Waals surface area contributed by atoms with Crippen molar-refractivity contribution in [3.05, 3.63) is 211 Å². The van der Waals surface area contributed by atoms with Gasteiger partial charge in [-0.2, -0.15) is 12.1 Å². The molecule has 3 heterocycles. The van der Waals surface area contributed by atoms with E-state index in [1.165, 1.54) is 22.3 Å². The third-order valence-electron chi connectivity index (χ3n) is 12.7. The summed E-state index contributed by atoms with van der Waals surface area (Å²) in [5.74, 6) is 2.02. The predicted octanol–water partition coefficient (Wildman–Crippen LogP) is 15.6. The molecule has 0 unspecified atom stereocenters. The second kappa shape index (κ2) is 16.9. The number of aromatic nitrogens is 2. The Morgan fingerprint density at radius 2 is 1.20 bits per heavy atom. The third kappa shape index (κ3) is 8.17. The predicted molar refractivity (Wildman–Crippen MR) is 266 cm³/mol. The van der Waals surface area contributed by atoms with E-state index < -0.39 is 0 Å². The molecule has 2 aromatic heterocycles. The second-order valence-corrected chi connectivity index (χ2v) is 19.5. The normalized spacial score (nSPS) is 13.0. The Hall–Kier alpha value is -6.42. The number of fused-ring (bicyclic) bond motifs is 4. The minimum atomic E-state index is -0.226. The molecule has 0 fully saturated rings. The van der Waals surface area contributed by atoms with Crippen LogP contribution in [0.1, 0.15) is 77.6 Å². The van der Waals surface area contributed by atoms with Crippen LogP contribution in [0.5, 0.6) is 11.5 Å². The van der Waals surface area contributed by atoms with Crippen molar-refractivity contribution in [2.75, 3.05) is 9.80 Å². The topological polar surface area (TPSA) is 33.5 Å². The van der Waals surface area contributed by atoms with Crippen LogP contribution in [0.25, 0.3) is 38.8 Å². The zero-order valence-corrected chi connectivity index (χ0v) is 40.5. The molecule has 7 aromatic carbocycles. The fourth-order valence-electron chi connectivity index (χ4n) is 8.95. The van der Waals surface area contributed by atoms with Gasteiger partial charge in [0.15, 0.2) is 0 Å². The van der Waals surface area contributed by atoms with Crippen LogP contribution in [0.15, 0.2) is 170 Å². The molecular formula is C59H53N4OPt-3. The van der Waals surface area contributed by atoms with E-state index in [2.05, 4.69) is 234 Å². The first kappa shape index (κ1) is 43.8. The Bertz CT molecular complexity index is 3140. The summed E-state index contributed by atoms with van der Waals surface area (Å²) in [7, 11) is 0. The van der Waals surface area contributed by atoms with Gasteiger partial charge in [0.1, 0.15) is 5.82 Å². The number of para-hydroxylation sites is 2. The average molecular weight is 1030 g/mol. The van der Waals surface area contributed by atoms with E-state index in [0.29, 0.717) is 11.5 Å². The van der Waals surface area contributed by atoms with Crippen LogP contribution in [-0.4, -0.2) is 9.55 Å². The van der Waals surface area contributed by atoms with Crippen LogP contribution in [0.4, 0.5) is 22.7 Å². The van der Waals surface area contributed by atoms with Crippen LogP contribution in [0.3, 0.4) is 0 Å². The van der Waals surface area contributed by atoms with Gasteiger partial charge in [-0.25, -0.2) is 4.98 Å². The Balaban J connectivity index is 0.00000533. The standard InChI is InChI=1S/C59H53N4O.Pt/c1-57(2,3)43-33-44(58(4,5)6)35-46(34-43)62-39-61(53-28-18-26-49(56(53)62)40-19-11-9-12-20-40)45-23-17-24-47(37-45)64-48-29-30-51-50-25-15-16-27-52(50)63(54(51)38-48)55-36-42(31-32-60-55)59(7,8)41-21-13-10-14-22-41;/h9-36,39H,1-8H3;/q-3;. The molecule has 1 aliphatic rings. The van der Waals surface area contributed by atoms with Crippen molar-refractivity contribution in [2.45, 2.75) is 71.6 Å². The van der Waals surface area contributed by atoms with Gasteiger partial charge < -0.3 is 19.1 Å². The largest absolute Gasteiger partial charge is 0.509 e. The Labute approximate surface area is 398 Å². The smallest absolute Gasteiger partial charge is 0.135 e. The van der Waals surface area contributed by atoms with E-state index in [9.17, 15) is 0 Å². The van der Waals surface area contributed by atoms with E-state index >= 15 is 0 Å². The summed E-state index contributed by atoms with van der Waals surface area (Å²) in [6.45, 7) is 20.5. The van der Waals surface area contributed by atoms with Gasteiger partial charge in [0.2, 0.25) is 0 Å². The zero-order valence-electron chi connectivity index (χ0n) is 38.3. The zero-order chi connectivity index (χ0) is 44.4. The molecule has 10 rings (SSSR count). The Kier molecular flexibility index (Phi) is 11.4. The maximum atomic E-state index is 6.71. The van der Waals surface area contributed by atoms with Gasteiger partial charge in [0.25, 0.3) is 0 Å². The van der Waals surface area contributed by atoms with Crippen LogP contribution in [0, 0.1) is 18.8 Å². The number of pyridine rings is 1. The molecule has 9 aromatic rings. The summed E-state index contributed by atoms with van der Waals surface area (Å²) in [6, 6.07) is 65.3. The van der Waals surface area contributed by atoms with Gasteiger partial charge in [-0.05, 0) is 80.4 Å². The van der Waals surface area contributed by atoms with Crippen molar-refractivity contribution < 1.29 is 25.8 Å². The monoisotopic (exact) mass is 1030 g/mol. The molecule has 6 heteroatoms. The number of hydrogen-bond donors (Lipinski definition) is 0. The van der Waals surface area contributed by atoms with E-state index in [0.717, 1.165) is 61.5 Å². The second-order valence-electron chi connectivity index (χ2n) is 19.5. The molecule has 0 spiro atoms. The van der Waals surface area contributed by atoms with Gasteiger partial charge in [-0.15, -0.1) is 48.1 Å². The number of benzene rings is 7. The van der Waals surface area contributed by atoms with Crippen LogP contribution >= 0.6 is 0 Å². The molecule has 0 saturated heterocycles. The molecule has 0 saturated carbocycles. The average Bonchev–Trinajstić information content (AvgIpc) is 3.85.